The largest absolute Gasteiger partial charge is 0.462 e. The van der Waals surface area contributed by atoms with Crippen molar-refractivity contribution in [3.8, 4) is 17.6 Å². The van der Waals surface area contributed by atoms with Gasteiger partial charge in [0.1, 0.15) is 0 Å². The normalized spacial score (nSPS) is 23.1. The minimum Gasteiger partial charge on any atom is -0.462 e. The average Bonchev–Trinajstić information content (AvgIpc) is 2.81. The van der Waals surface area contributed by atoms with Crippen LogP contribution in [0, 0.1) is 29.5 Å². The number of hydrogen-bond donors (Lipinski definition) is 0. The molecule has 2 aliphatic rings. The van der Waals surface area contributed by atoms with E-state index in [1.165, 1.54) is 42.9 Å². The monoisotopic (exact) mass is 432 g/mol. The average molecular weight is 433 g/mol. The summed E-state index contributed by atoms with van der Waals surface area (Å²) in [6.07, 6.45) is 8.79. The lowest BCUT2D eigenvalue weighted by atomic mass is 9.77. The van der Waals surface area contributed by atoms with E-state index in [-0.39, 0.29) is 12.0 Å². The van der Waals surface area contributed by atoms with Crippen LogP contribution in [0.25, 0.3) is 0 Å². The highest BCUT2D eigenvalue weighted by atomic mass is 19.1. The van der Waals surface area contributed by atoms with Gasteiger partial charge in [0.2, 0.25) is 0 Å². The molecule has 1 heterocycles. The number of benzene rings is 2. The Balaban J connectivity index is 1.31. The fourth-order valence-electron chi connectivity index (χ4n) is 4.68. The van der Waals surface area contributed by atoms with E-state index in [9.17, 15) is 4.39 Å². The third-order valence-corrected chi connectivity index (χ3v) is 6.70. The molecule has 32 heavy (non-hydrogen) atoms. The van der Waals surface area contributed by atoms with Gasteiger partial charge in [-0.1, -0.05) is 36.1 Å². The van der Waals surface area contributed by atoms with Crippen molar-refractivity contribution < 1.29 is 13.9 Å². The quantitative estimate of drug-likeness (QED) is 0.372. The van der Waals surface area contributed by atoms with Crippen molar-refractivity contribution in [1.82, 2.24) is 0 Å². The second-order valence-electron chi connectivity index (χ2n) is 9.27. The van der Waals surface area contributed by atoms with E-state index in [1.807, 2.05) is 0 Å². The summed E-state index contributed by atoms with van der Waals surface area (Å²) in [6, 6.07) is 13.4. The Labute approximate surface area is 191 Å². The third kappa shape index (κ3) is 6.24. The zero-order valence-corrected chi connectivity index (χ0v) is 19.0. The van der Waals surface area contributed by atoms with Gasteiger partial charge in [-0.3, -0.25) is 0 Å². The molecule has 2 nitrogen and oxygen atoms in total. The second-order valence-corrected chi connectivity index (χ2v) is 9.27. The molecule has 1 aliphatic heterocycles. The standard InChI is InChI=1S/C29H33FO2/c1-21(2)26-15-12-24(13-16-26)19-23-9-6-22(7-10-23)8-11-25-14-17-28(27(30)20-25)32-29-5-3-4-18-31-29/h6-7,9-10,14,17,20,24,26,29H,1,3-5,12-13,15-16,18-19H2,2H3. The molecule has 2 aromatic rings. The van der Waals surface area contributed by atoms with Crippen LogP contribution in [0.15, 0.2) is 54.6 Å². The number of rotatable bonds is 5. The van der Waals surface area contributed by atoms with Gasteiger partial charge in [0.25, 0.3) is 0 Å². The molecule has 0 radical (unpaired) electrons. The SMILES string of the molecule is C=C(C)C1CCC(Cc2ccc(C#Cc3ccc(OC4CCCCO4)c(F)c3)cc2)CC1. The molecule has 0 bridgehead atoms. The van der Waals surface area contributed by atoms with E-state index >= 15 is 0 Å². The van der Waals surface area contributed by atoms with E-state index in [0.717, 1.165) is 43.1 Å². The van der Waals surface area contributed by atoms with Crippen molar-refractivity contribution in [3.05, 3.63) is 77.1 Å². The Kier molecular flexibility index (Phi) is 7.66. The molecule has 2 aromatic carbocycles. The summed E-state index contributed by atoms with van der Waals surface area (Å²) in [5, 5.41) is 0. The van der Waals surface area contributed by atoms with Gasteiger partial charge in [-0.15, -0.1) is 0 Å². The fourth-order valence-corrected chi connectivity index (χ4v) is 4.68. The van der Waals surface area contributed by atoms with Gasteiger partial charge in [0, 0.05) is 17.5 Å². The number of allylic oxidation sites excluding steroid dienone is 1. The minimum absolute atomic E-state index is 0.226. The van der Waals surface area contributed by atoms with E-state index in [4.69, 9.17) is 9.47 Å². The lowest BCUT2D eigenvalue weighted by molar-refractivity contribution is -0.107. The van der Waals surface area contributed by atoms with Crippen LogP contribution in [0.4, 0.5) is 4.39 Å². The van der Waals surface area contributed by atoms with Gasteiger partial charge < -0.3 is 9.47 Å². The van der Waals surface area contributed by atoms with Gasteiger partial charge in [0.15, 0.2) is 17.9 Å². The van der Waals surface area contributed by atoms with Gasteiger partial charge in [-0.2, -0.15) is 0 Å². The zero-order chi connectivity index (χ0) is 22.3. The summed E-state index contributed by atoms with van der Waals surface area (Å²) < 4.78 is 25.6. The maximum absolute atomic E-state index is 14.4. The summed E-state index contributed by atoms with van der Waals surface area (Å²) in [4.78, 5) is 0. The highest BCUT2D eigenvalue weighted by Crippen LogP contribution is 2.34. The van der Waals surface area contributed by atoms with Crippen molar-refractivity contribution in [2.24, 2.45) is 11.8 Å². The molecule has 0 N–H and O–H groups in total. The summed E-state index contributed by atoms with van der Waals surface area (Å²) in [7, 11) is 0. The molecule has 1 saturated carbocycles. The van der Waals surface area contributed by atoms with E-state index in [1.54, 1.807) is 12.1 Å². The Morgan fingerprint density at radius 2 is 1.72 bits per heavy atom. The smallest absolute Gasteiger partial charge is 0.199 e. The molecule has 1 saturated heterocycles. The Morgan fingerprint density at radius 1 is 1.00 bits per heavy atom. The molecule has 2 fully saturated rings. The third-order valence-electron chi connectivity index (χ3n) is 6.70. The van der Waals surface area contributed by atoms with E-state index < -0.39 is 5.82 Å². The summed E-state index contributed by atoms with van der Waals surface area (Å²) in [6.45, 7) is 6.96. The van der Waals surface area contributed by atoms with Crippen LogP contribution in [0.3, 0.4) is 0 Å². The molecule has 1 aliphatic carbocycles. The van der Waals surface area contributed by atoms with Crippen molar-refractivity contribution in [2.75, 3.05) is 6.61 Å². The first-order valence-electron chi connectivity index (χ1n) is 11.9. The van der Waals surface area contributed by atoms with Crippen molar-refractivity contribution in [2.45, 2.75) is 64.6 Å². The van der Waals surface area contributed by atoms with Crippen LogP contribution in [-0.2, 0) is 11.2 Å². The molecule has 4 rings (SSSR count). The zero-order valence-electron chi connectivity index (χ0n) is 19.0. The topological polar surface area (TPSA) is 18.5 Å². The van der Waals surface area contributed by atoms with Crippen LogP contribution in [-0.4, -0.2) is 12.9 Å². The van der Waals surface area contributed by atoms with Gasteiger partial charge in [-0.25, -0.2) is 4.39 Å². The van der Waals surface area contributed by atoms with Gasteiger partial charge in [-0.05, 0) is 99.6 Å². The van der Waals surface area contributed by atoms with Crippen LogP contribution >= 0.6 is 0 Å². The first-order valence-corrected chi connectivity index (χ1v) is 11.9. The highest BCUT2D eigenvalue weighted by Gasteiger charge is 2.21. The lowest BCUT2D eigenvalue weighted by Crippen LogP contribution is -2.25. The maximum Gasteiger partial charge on any atom is 0.199 e. The summed E-state index contributed by atoms with van der Waals surface area (Å²) in [5.41, 5.74) is 4.28. The van der Waals surface area contributed by atoms with Gasteiger partial charge in [0.05, 0.1) is 6.61 Å². The van der Waals surface area contributed by atoms with E-state index in [2.05, 4.69) is 49.6 Å². The molecular weight excluding hydrogens is 399 g/mol. The summed E-state index contributed by atoms with van der Waals surface area (Å²) >= 11 is 0. The second kappa shape index (κ2) is 10.8. The molecule has 168 valence electrons. The molecule has 1 unspecified atom stereocenters. The fraction of sp³-hybridized carbons (Fsp3) is 0.448. The van der Waals surface area contributed by atoms with Crippen molar-refractivity contribution >= 4 is 0 Å². The predicted octanol–water partition coefficient (Wildman–Crippen LogP) is 7.06. The first-order chi connectivity index (χ1) is 15.6. The van der Waals surface area contributed by atoms with Crippen LogP contribution in [0.1, 0.15) is 68.6 Å². The number of hydrogen-bond acceptors (Lipinski definition) is 2. The number of ether oxygens (including phenoxy) is 2. The van der Waals surface area contributed by atoms with Crippen molar-refractivity contribution in [1.29, 1.82) is 0 Å². The summed E-state index contributed by atoms with van der Waals surface area (Å²) in [5.74, 6) is 7.52. The Bertz CT molecular complexity index is 968. The van der Waals surface area contributed by atoms with Crippen LogP contribution in [0.5, 0.6) is 5.75 Å². The van der Waals surface area contributed by atoms with Crippen LogP contribution in [0.2, 0.25) is 0 Å². The Morgan fingerprint density at radius 3 is 2.38 bits per heavy atom. The predicted molar refractivity (Wildman–Crippen MR) is 127 cm³/mol. The molecule has 0 amide bonds. The number of halogens is 1. The minimum atomic E-state index is -0.400. The van der Waals surface area contributed by atoms with Crippen molar-refractivity contribution in [3.63, 3.8) is 0 Å². The molecule has 0 aromatic heterocycles. The maximum atomic E-state index is 14.4. The highest BCUT2D eigenvalue weighted by molar-refractivity contribution is 5.45. The molecule has 1 atom stereocenters. The van der Waals surface area contributed by atoms with Crippen LogP contribution < -0.4 is 4.74 Å². The lowest BCUT2D eigenvalue weighted by Gasteiger charge is -2.28. The van der Waals surface area contributed by atoms with Gasteiger partial charge >= 0.3 is 0 Å². The molecule has 0 spiro atoms. The van der Waals surface area contributed by atoms with E-state index in [0.29, 0.717) is 12.2 Å². The molecule has 3 heteroatoms. The first kappa shape index (κ1) is 22.6. The Hall–Kier alpha value is -2.57. The molecular formula is C29H33FO2.